The first-order valence-corrected chi connectivity index (χ1v) is 24.4. The van der Waals surface area contributed by atoms with Gasteiger partial charge < -0.3 is 0 Å². The molecule has 0 aliphatic heterocycles. The van der Waals surface area contributed by atoms with Crippen molar-refractivity contribution in [1.29, 1.82) is 0 Å². The average Bonchev–Trinajstić information content (AvgIpc) is 3.73. The Kier molecular flexibility index (Phi) is 10.1. The maximum absolute atomic E-state index is 2.36. The molecule has 70 heavy (non-hydrogen) atoms. The standard InChI is InChI=1S/C70H48/c1-47-27-42-55(43-28-47)70(66-25-13-11-19-60(66)61-20-12-14-26-67(61)70)56-44-39-50(40-45-56)49-35-37-54(38-36-49)69-64-23-9-7-21-62(64)68(63-22-8-10-24-65(63)69)53-33-30-48(31-34-53)29-32-52-41-46-58(51-15-3-2-4-16-51)59-18-6-5-17-57(52)59/h2-46H,1H3/b32-29+. The minimum Gasteiger partial charge on any atom is -0.0622 e. The van der Waals surface area contributed by atoms with Gasteiger partial charge in [0.1, 0.15) is 0 Å². The molecule has 0 saturated heterocycles. The fourth-order valence-electron chi connectivity index (χ4n) is 11.6. The third-order valence-corrected chi connectivity index (χ3v) is 14.9. The summed E-state index contributed by atoms with van der Waals surface area (Å²) in [6, 6.07) is 96.5. The molecule has 1 aliphatic rings. The number of benzene rings is 12. The normalized spacial score (nSPS) is 12.7. The molecule has 0 N–H and O–H groups in total. The molecule has 0 atom stereocenters. The molecule has 328 valence electrons. The first kappa shape index (κ1) is 41.4. The molecule has 0 bridgehead atoms. The van der Waals surface area contributed by atoms with Gasteiger partial charge in [0.05, 0.1) is 5.41 Å². The van der Waals surface area contributed by atoms with Crippen LogP contribution in [-0.4, -0.2) is 0 Å². The van der Waals surface area contributed by atoms with E-state index in [-0.39, 0.29) is 0 Å². The van der Waals surface area contributed by atoms with Crippen LogP contribution < -0.4 is 0 Å². The Morgan fingerprint density at radius 2 is 0.686 bits per heavy atom. The summed E-state index contributed by atoms with van der Waals surface area (Å²) in [6.07, 6.45) is 4.49. The largest absolute Gasteiger partial charge is 0.0713 e. The number of hydrogen-bond donors (Lipinski definition) is 0. The lowest BCUT2D eigenvalue weighted by Crippen LogP contribution is -2.28. The second kappa shape index (κ2) is 17.0. The topological polar surface area (TPSA) is 0 Å². The molecule has 0 amide bonds. The van der Waals surface area contributed by atoms with Crippen LogP contribution in [0.2, 0.25) is 0 Å². The molecule has 12 aromatic carbocycles. The lowest BCUT2D eigenvalue weighted by molar-refractivity contribution is 0.768. The number of rotatable bonds is 8. The third-order valence-electron chi connectivity index (χ3n) is 14.9. The van der Waals surface area contributed by atoms with Crippen molar-refractivity contribution in [3.05, 3.63) is 300 Å². The highest BCUT2D eigenvalue weighted by molar-refractivity contribution is 6.21. The molecule has 0 heterocycles. The Balaban J connectivity index is 0.836. The predicted molar refractivity (Wildman–Crippen MR) is 298 cm³/mol. The summed E-state index contributed by atoms with van der Waals surface area (Å²) in [4.78, 5) is 0. The lowest BCUT2D eigenvalue weighted by Gasteiger charge is -2.34. The molecule has 0 nitrogen and oxygen atoms in total. The van der Waals surface area contributed by atoms with Crippen LogP contribution in [0.1, 0.15) is 38.9 Å². The van der Waals surface area contributed by atoms with Crippen molar-refractivity contribution in [3.63, 3.8) is 0 Å². The van der Waals surface area contributed by atoms with Crippen molar-refractivity contribution in [2.24, 2.45) is 0 Å². The summed E-state index contributed by atoms with van der Waals surface area (Å²) in [5.41, 5.74) is 20.9. The minimum absolute atomic E-state index is 0.414. The second-order valence-corrected chi connectivity index (χ2v) is 18.8. The first-order valence-electron chi connectivity index (χ1n) is 24.4. The minimum atomic E-state index is -0.414. The van der Waals surface area contributed by atoms with Crippen LogP contribution in [-0.2, 0) is 5.41 Å². The van der Waals surface area contributed by atoms with Gasteiger partial charge in [-0.05, 0) is 128 Å². The van der Waals surface area contributed by atoms with E-state index >= 15 is 0 Å². The van der Waals surface area contributed by atoms with Gasteiger partial charge in [-0.1, -0.05) is 279 Å². The van der Waals surface area contributed by atoms with Crippen LogP contribution in [0.25, 0.3) is 100 Å². The Labute approximate surface area is 410 Å². The van der Waals surface area contributed by atoms with E-state index in [2.05, 4.69) is 280 Å². The van der Waals surface area contributed by atoms with Crippen LogP contribution in [0.4, 0.5) is 0 Å². The molecule has 12 aromatic rings. The quantitative estimate of drug-likeness (QED) is 0.105. The maximum Gasteiger partial charge on any atom is 0.0713 e. The van der Waals surface area contributed by atoms with Gasteiger partial charge in [-0.2, -0.15) is 0 Å². The van der Waals surface area contributed by atoms with Crippen LogP contribution in [0.3, 0.4) is 0 Å². The molecule has 0 spiro atoms. The predicted octanol–water partition coefficient (Wildman–Crippen LogP) is 18.7. The molecule has 0 saturated carbocycles. The summed E-state index contributed by atoms with van der Waals surface area (Å²) in [7, 11) is 0. The van der Waals surface area contributed by atoms with Gasteiger partial charge in [0.15, 0.2) is 0 Å². The summed E-state index contributed by atoms with van der Waals surface area (Å²) >= 11 is 0. The molecule has 0 fully saturated rings. The van der Waals surface area contributed by atoms with E-state index in [4.69, 9.17) is 0 Å². The van der Waals surface area contributed by atoms with Crippen LogP contribution >= 0.6 is 0 Å². The van der Waals surface area contributed by atoms with Gasteiger partial charge in [-0.3, -0.25) is 0 Å². The van der Waals surface area contributed by atoms with Gasteiger partial charge in [-0.25, -0.2) is 0 Å². The van der Waals surface area contributed by atoms with Crippen molar-refractivity contribution in [3.8, 4) is 55.6 Å². The maximum atomic E-state index is 2.36. The number of hydrogen-bond acceptors (Lipinski definition) is 0. The van der Waals surface area contributed by atoms with E-state index in [1.807, 2.05) is 0 Å². The van der Waals surface area contributed by atoms with Crippen LogP contribution in [0.5, 0.6) is 0 Å². The highest BCUT2D eigenvalue weighted by Crippen LogP contribution is 2.56. The highest BCUT2D eigenvalue weighted by atomic mass is 14.5. The van der Waals surface area contributed by atoms with E-state index in [1.54, 1.807) is 0 Å². The zero-order valence-corrected chi connectivity index (χ0v) is 39.0. The van der Waals surface area contributed by atoms with Gasteiger partial charge >= 0.3 is 0 Å². The summed E-state index contributed by atoms with van der Waals surface area (Å²) < 4.78 is 0. The average molecular weight is 889 g/mol. The van der Waals surface area contributed by atoms with Gasteiger partial charge in [0, 0.05) is 0 Å². The Morgan fingerprint density at radius 1 is 0.271 bits per heavy atom. The Hall–Kier alpha value is -8.84. The molecular formula is C70H48. The van der Waals surface area contributed by atoms with Crippen molar-refractivity contribution >= 4 is 44.5 Å². The zero-order chi connectivity index (χ0) is 46.6. The van der Waals surface area contributed by atoms with Crippen molar-refractivity contribution in [1.82, 2.24) is 0 Å². The fourth-order valence-corrected chi connectivity index (χ4v) is 11.6. The summed E-state index contributed by atoms with van der Waals surface area (Å²) in [5.74, 6) is 0. The Morgan fingerprint density at radius 3 is 1.23 bits per heavy atom. The number of fused-ring (bicyclic) bond motifs is 6. The van der Waals surface area contributed by atoms with Crippen molar-refractivity contribution in [2.45, 2.75) is 12.3 Å². The van der Waals surface area contributed by atoms with Gasteiger partial charge in [0.25, 0.3) is 0 Å². The van der Waals surface area contributed by atoms with Crippen molar-refractivity contribution in [2.75, 3.05) is 0 Å². The SMILES string of the molecule is Cc1ccc(C2(c3ccc(-c4ccc(-c5c6ccccc6c(-c6ccc(/C=C/c7ccc(-c8ccccc8)c8ccccc78)cc6)c6ccccc56)cc4)cc3)c3ccccc3-c3ccccc32)cc1. The van der Waals surface area contributed by atoms with Gasteiger partial charge in [-0.15, -0.1) is 0 Å². The molecule has 0 unspecified atom stereocenters. The van der Waals surface area contributed by atoms with Crippen LogP contribution in [0, 0.1) is 6.92 Å². The van der Waals surface area contributed by atoms with E-state index in [1.165, 1.54) is 127 Å². The molecule has 0 aromatic heterocycles. The summed E-state index contributed by atoms with van der Waals surface area (Å²) in [5, 5.41) is 7.52. The van der Waals surface area contributed by atoms with Crippen LogP contribution in [0.15, 0.2) is 261 Å². The van der Waals surface area contributed by atoms with E-state index in [9.17, 15) is 0 Å². The van der Waals surface area contributed by atoms with E-state index in [0.29, 0.717) is 0 Å². The smallest absolute Gasteiger partial charge is 0.0622 e. The molecule has 0 heteroatoms. The second-order valence-electron chi connectivity index (χ2n) is 18.8. The van der Waals surface area contributed by atoms with Crippen molar-refractivity contribution < 1.29 is 0 Å². The first-order chi connectivity index (χ1) is 34.6. The third kappa shape index (κ3) is 6.75. The molecule has 0 radical (unpaired) electrons. The van der Waals surface area contributed by atoms with Gasteiger partial charge in [0.2, 0.25) is 0 Å². The fraction of sp³-hybridized carbons (Fsp3) is 0.0286. The lowest BCUT2D eigenvalue weighted by atomic mass is 9.67. The monoisotopic (exact) mass is 888 g/mol. The van der Waals surface area contributed by atoms with E-state index in [0.717, 1.165) is 0 Å². The zero-order valence-electron chi connectivity index (χ0n) is 39.0. The molecular weight excluding hydrogens is 841 g/mol. The molecule has 1 aliphatic carbocycles. The number of aryl methyl sites for hydroxylation is 1. The molecule has 13 rings (SSSR count). The van der Waals surface area contributed by atoms with E-state index < -0.39 is 5.41 Å². The Bertz CT molecular complexity index is 3850. The highest BCUT2D eigenvalue weighted by Gasteiger charge is 2.45. The summed E-state index contributed by atoms with van der Waals surface area (Å²) in [6.45, 7) is 2.17.